The molecule has 0 rings (SSSR count). The van der Waals surface area contributed by atoms with Crippen LogP contribution in [0.15, 0.2) is 0 Å². The highest BCUT2D eigenvalue weighted by Crippen LogP contribution is 2.27. The van der Waals surface area contributed by atoms with Gasteiger partial charge in [0.25, 0.3) is 0 Å². The summed E-state index contributed by atoms with van der Waals surface area (Å²) in [6.07, 6.45) is -0.514. The highest BCUT2D eigenvalue weighted by molar-refractivity contribution is 7.81. The lowest BCUT2D eigenvalue weighted by Gasteiger charge is -2.24. The van der Waals surface area contributed by atoms with Crippen LogP contribution in [0.1, 0.15) is 27.7 Å². The predicted octanol–water partition coefficient (Wildman–Crippen LogP) is 1.48. The third kappa shape index (κ3) is 2.75. The molecule has 0 radical (unpaired) electrons. The fraction of sp³-hybridized carbons (Fsp3) is 0.875. The summed E-state index contributed by atoms with van der Waals surface area (Å²) in [7, 11) is 0. The van der Waals surface area contributed by atoms with Crippen LogP contribution in [0.2, 0.25) is 0 Å². The number of ether oxygens (including phenoxy) is 1. The molecule has 0 aromatic rings. The van der Waals surface area contributed by atoms with Gasteiger partial charge in [-0.05, 0) is 13.8 Å². The van der Waals surface area contributed by atoms with Gasteiger partial charge in [-0.1, -0.05) is 13.8 Å². The van der Waals surface area contributed by atoms with E-state index < -0.39 is 34.1 Å². The molecule has 0 bridgehead atoms. The highest BCUT2D eigenvalue weighted by atomic mass is 32.2. The van der Waals surface area contributed by atoms with Crippen LogP contribution in [0.5, 0.6) is 0 Å². The molecule has 2 atom stereocenters. The summed E-state index contributed by atoms with van der Waals surface area (Å²) >= 11 is -2.89. The van der Waals surface area contributed by atoms with Crippen LogP contribution in [0.4, 0.5) is 4.39 Å². The molecule has 0 amide bonds. The maximum Gasteiger partial charge on any atom is 0.360 e. The van der Waals surface area contributed by atoms with E-state index in [0.29, 0.717) is 0 Å². The fourth-order valence-electron chi connectivity index (χ4n) is 0.803. The third-order valence-electron chi connectivity index (χ3n) is 1.62. The van der Waals surface area contributed by atoms with Gasteiger partial charge in [0.1, 0.15) is 0 Å². The zero-order valence-corrected chi connectivity index (χ0v) is 9.43. The zero-order valence-electron chi connectivity index (χ0n) is 8.61. The molecule has 0 aliphatic rings. The average molecular weight is 226 g/mol. The summed E-state index contributed by atoms with van der Waals surface area (Å²) in [4.78, 5) is 11.2. The maximum atomic E-state index is 13.8. The van der Waals surface area contributed by atoms with Gasteiger partial charge >= 0.3 is 11.0 Å². The van der Waals surface area contributed by atoms with Crippen molar-refractivity contribution >= 4 is 17.0 Å². The number of hydrogen-bond donors (Lipinski definition) is 1. The Hall–Kier alpha value is -0.490. The normalized spacial score (nSPS) is 18.0. The molecule has 2 unspecified atom stereocenters. The number of alkyl halides is 1. The molecule has 0 aliphatic carbocycles. The summed E-state index contributed by atoms with van der Waals surface area (Å²) in [6, 6.07) is 0. The molecule has 0 aromatic carbocycles. The van der Waals surface area contributed by atoms with Crippen LogP contribution in [-0.2, 0) is 20.6 Å². The minimum atomic E-state index is -2.89. The summed E-state index contributed by atoms with van der Waals surface area (Å²) in [5.74, 6) is -2.21. The molecule has 6 heteroatoms. The Bertz CT molecular complexity index is 241. The summed E-state index contributed by atoms with van der Waals surface area (Å²) in [6.45, 7) is 5.77. The lowest BCUT2D eigenvalue weighted by atomic mass is 10.1. The van der Waals surface area contributed by atoms with Crippen LogP contribution >= 0.6 is 0 Å². The molecular formula is C8H15FO4S. The largest absolute Gasteiger partial charge is 0.460 e. The Morgan fingerprint density at radius 3 is 2.07 bits per heavy atom. The zero-order chi connectivity index (χ0) is 11.5. The van der Waals surface area contributed by atoms with Gasteiger partial charge in [0.05, 0.1) is 6.10 Å². The van der Waals surface area contributed by atoms with E-state index in [9.17, 15) is 13.4 Å². The van der Waals surface area contributed by atoms with Crippen LogP contribution in [0.3, 0.4) is 0 Å². The van der Waals surface area contributed by atoms with E-state index in [1.807, 2.05) is 0 Å². The SMILES string of the molecule is CC(C)OC(=O)C(F)(C(C)C)S(=O)O. The van der Waals surface area contributed by atoms with Gasteiger partial charge in [0.2, 0.25) is 11.1 Å². The van der Waals surface area contributed by atoms with Crippen LogP contribution in [0.25, 0.3) is 0 Å². The quantitative estimate of drug-likeness (QED) is 0.582. The standard InChI is InChI=1S/C8H15FO4S/c1-5(2)8(9,14(11)12)7(10)13-6(3)4/h5-6H,1-4H3,(H,11,12). The monoisotopic (exact) mass is 226 g/mol. The van der Waals surface area contributed by atoms with Crippen LogP contribution < -0.4 is 0 Å². The first kappa shape index (κ1) is 13.5. The molecule has 0 heterocycles. The molecule has 0 fully saturated rings. The van der Waals surface area contributed by atoms with Gasteiger partial charge < -0.3 is 9.29 Å². The second-order valence-electron chi connectivity index (χ2n) is 3.50. The summed E-state index contributed by atoms with van der Waals surface area (Å²) < 4.78 is 37.8. The summed E-state index contributed by atoms with van der Waals surface area (Å²) in [5, 5.41) is -2.84. The molecule has 0 aromatic heterocycles. The minimum Gasteiger partial charge on any atom is -0.460 e. The second kappa shape index (κ2) is 4.84. The van der Waals surface area contributed by atoms with Crippen LogP contribution in [-0.4, -0.2) is 25.8 Å². The second-order valence-corrected chi connectivity index (χ2v) is 4.60. The van der Waals surface area contributed by atoms with Gasteiger partial charge in [-0.3, -0.25) is 0 Å². The van der Waals surface area contributed by atoms with Crippen molar-refractivity contribution in [3.05, 3.63) is 0 Å². The first-order chi connectivity index (χ1) is 6.22. The average Bonchev–Trinajstić information content (AvgIpc) is 2.00. The van der Waals surface area contributed by atoms with E-state index in [4.69, 9.17) is 4.55 Å². The number of carbonyl (C=O) groups excluding carboxylic acids is 1. The van der Waals surface area contributed by atoms with Gasteiger partial charge in [0.15, 0.2) is 0 Å². The Morgan fingerprint density at radius 2 is 1.86 bits per heavy atom. The van der Waals surface area contributed by atoms with Gasteiger partial charge in [-0.2, -0.15) is 0 Å². The van der Waals surface area contributed by atoms with E-state index in [2.05, 4.69) is 4.74 Å². The first-order valence-corrected chi connectivity index (χ1v) is 5.34. The van der Waals surface area contributed by atoms with Crippen LogP contribution in [0, 0.1) is 5.92 Å². The number of carbonyl (C=O) groups is 1. The third-order valence-corrected chi connectivity index (χ3v) is 2.76. The molecule has 0 saturated carbocycles. The molecule has 0 saturated heterocycles. The predicted molar refractivity (Wildman–Crippen MR) is 50.7 cm³/mol. The Labute approximate surface area is 85.1 Å². The van der Waals surface area contributed by atoms with Crippen molar-refractivity contribution in [3.8, 4) is 0 Å². The molecule has 0 spiro atoms. The van der Waals surface area contributed by atoms with Crippen molar-refractivity contribution in [2.24, 2.45) is 5.92 Å². The van der Waals surface area contributed by atoms with Crippen molar-refractivity contribution in [3.63, 3.8) is 0 Å². The number of rotatable bonds is 4. The molecule has 4 nitrogen and oxygen atoms in total. The number of hydrogen-bond acceptors (Lipinski definition) is 3. The topological polar surface area (TPSA) is 63.6 Å². The van der Waals surface area contributed by atoms with Crippen molar-refractivity contribution in [2.75, 3.05) is 0 Å². The minimum absolute atomic E-state index is 0.514. The summed E-state index contributed by atoms with van der Waals surface area (Å²) in [5.41, 5.74) is 0. The number of esters is 1. The Balaban J connectivity index is 4.84. The molecule has 0 aliphatic heterocycles. The van der Waals surface area contributed by atoms with Gasteiger partial charge in [-0.25, -0.2) is 13.4 Å². The maximum absolute atomic E-state index is 13.8. The van der Waals surface area contributed by atoms with E-state index in [1.54, 1.807) is 13.8 Å². The molecule has 1 N–H and O–H groups in total. The highest BCUT2D eigenvalue weighted by Gasteiger charge is 2.50. The molecular weight excluding hydrogens is 211 g/mol. The van der Waals surface area contributed by atoms with Gasteiger partial charge in [0, 0.05) is 5.92 Å². The Kier molecular flexibility index (Phi) is 4.67. The molecule has 84 valence electrons. The van der Waals surface area contributed by atoms with Gasteiger partial charge in [-0.15, -0.1) is 0 Å². The van der Waals surface area contributed by atoms with Crippen molar-refractivity contribution in [1.29, 1.82) is 0 Å². The fourth-order valence-corrected chi connectivity index (χ4v) is 1.40. The van der Waals surface area contributed by atoms with Crippen molar-refractivity contribution in [2.45, 2.75) is 38.8 Å². The van der Waals surface area contributed by atoms with E-state index in [-0.39, 0.29) is 0 Å². The van der Waals surface area contributed by atoms with E-state index in [0.717, 1.165) is 0 Å². The van der Waals surface area contributed by atoms with Crippen molar-refractivity contribution < 1.29 is 22.7 Å². The smallest absolute Gasteiger partial charge is 0.360 e. The first-order valence-electron chi connectivity index (χ1n) is 4.23. The van der Waals surface area contributed by atoms with Crippen molar-refractivity contribution in [1.82, 2.24) is 0 Å². The molecule has 14 heavy (non-hydrogen) atoms. The number of halogens is 1. The Morgan fingerprint density at radius 1 is 1.43 bits per heavy atom. The lowest BCUT2D eigenvalue weighted by Crippen LogP contribution is -2.45. The van der Waals surface area contributed by atoms with E-state index in [1.165, 1.54) is 13.8 Å². The van der Waals surface area contributed by atoms with E-state index >= 15 is 0 Å². The lowest BCUT2D eigenvalue weighted by molar-refractivity contribution is -0.158.